The molecular weight excluding hydrogens is 417 g/mol. The van der Waals surface area contributed by atoms with Gasteiger partial charge in [0.2, 0.25) is 0 Å². The molecule has 0 aromatic heterocycles. The number of aromatic hydroxyl groups is 1. The molecule has 18 heavy (non-hydrogen) atoms. The van der Waals surface area contributed by atoms with Gasteiger partial charge in [0.1, 0.15) is 5.75 Å². The van der Waals surface area contributed by atoms with Crippen LogP contribution < -0.4 is 0 Å². The smallest absolute Gasteiger partial charge is 0.115 e. The Hall–Kier alpha value is -0.0979. The summed E-state index contributed by atoms with van der Waals surface area (Å²) in [5, 5.41) is 9.60. The van der Waals surface area contributed by atoms with Gasteiger partial charge in [0.05, 0.1) is 0 Å². The van der Waals surface area contributed by atoms with Gasteiger partial charge < -0.3 is 10.0 Å². The number of phenolic OH excluding ortho intramolecular Hbond substituents is 1. The van der Waals surface area contributed by atoms with Gasteiger partial charge in [-0.3, -0.25) is 0 Å². The minimum Gasteiger partial charge on any atom is -0.508 e. The van der Waals surface area contributed by atoms with Gasteiger partial charge in [-0.25, -0.2) is 0 Å². The molecule has 1 aliphatic carbocycles. The summed E-state index contributed by atoms with van der Waals surface area (Å²) in [7, 11) is 4.29. The maximum atomic E-state index is 9.60. The Bertz CT molecular complexity index is 367. The third-order valence-electron chi connectivity index (χ3n) is 3.81. The molecular formula is C15H23NOPb. The monoisotopic (exact) mass is 441 g/mol. The summed E-state index contributed by atoms with van der Waals surface area (Å²) in [4.78, 5) is 2.28. The van der Waals surface area contributed by atoms with E-state index in [2.05, 4.69) is 25.1 Å². The van der Waals surface area contributed by atoms with Crippen molar-refractivity contribution in [2.24, 2.45) is 5.92 Å². The predicted molar refractivity (Wildman–Crippen MR) is 77.1 cm³/mol. The molecule has 98 valence electrons. The third-order valence-corrected chi connectivity index (χ3v) is 3.81. The summed E-state index contributed by atoms with van der Waals surface area (Å²) in [5.74, 6) is 1.76. The van der Waals surface area contributed by atoms with Gasteiger partial charge in [0.25, 0.3) is 0 Å². The molecule has 1 aromatic rings. The molecule has 1 aromatic carbocycles. The van der Waals surface area contributed by atoms with Crippen molar-refractivity contribution in [3.05, 3.63) is 29.8 Å². The average molecular weight is 441 g/mol. The maximum Gasteiger partial charge on any atom is 0.115 e. The molecule has 0 heterocycles. The SMILES string of the molecule is CN(C)CC1CCCCC1c1cccc(O)c1.[Pb]. The van der Waals surface area contributed by atoms with E-state index in [-0.39, 0.29) is 27.3 Å². The first-order valence-electron chi connectivity index (χ1n) is 6.60. The van der Waals surface area contributed by atoms with Crippen LogP contribution in [0, 0.1) is 5.92 Å². The summed E-state index contributed by atoms with van der Waals surface area (Å²) in [5.41, 5.74) is 1.32. The number of nitrogens with zero attached hydrogens (tertiary/aromatic N) is 1. The zero-order chi connectivity index (χ0) is 12.3. The predicted octanol–water partition coefficient (Wildman–Crippen LogP) is 2.85. The van der Waals surface area contributed by atoms with Gasteiger partial charge in [-0.2, -0.15) is 0 Å². The fourth-order valence-corrected chi connectivity index (χ4v) is 3.09. The van der Waals surface area contributed by atoms with Crippen molar-refractivity contribution in [1.82, 2.24) is 4.90 Å². The second-order valence-electron chi connectivity index (χ2n) is 5.51. The summed E-state index contributed by atoms with van der Waals surface area (Å²) in [6.45, 7) is 1.15. The summed E-state index contributed by atoms with van der Waals surface area (Å²) < 4.78 is 0. The Balaban J connectivity index is 0.00000162. The number of benzene rings is 1. The summed E-state index contributed by atoms with van der Waals surface area (Å²) in [6, 6.07) is 7.83. The molecule has 0 bridgehead atoms. The Labute approximate surface area is 131 Å². The van der Waals surface area contributed by atoms with Crippen molar-refractivity contribution in [2.75, 3.05) is 20.6 Å². The van der Waals surface area contributed by atoms with Crippen LogP contribution in [-0.4, -0.2) is 57.9 Å². The zero-order valence-electron chi connectivity index (χ0n) is 11.4. The molecule has 2 unspecified atom stereocenters. The van der Waals surface area contributed by atoms with E-state index in [0.29, 0.717) is 11.7 Å². The van der Waals surface area contributed by atoms with Crippen LogP contribution >= 0.6 is 0 Å². The van der Waals surface area contributed by atoms with E-state index in [1.165, 1.54) is 31.2 Å². The van der Waals surface area contributed by atoms with Gasteiger partial charge in [-0.1, -0.05) is 25.0 Å². The minimum absolute atomic E-state index is 0. The number of rotatable bonds is 3. The van der Waals surface area contributed by atoms with E-state index in [1.54, 1.807) is 6.07 Å². The average Bonchev–Trinajstić information content (AvgIpc) is 2.29. The van der Waals surface area contributed by atoms with Crippen molar-refractivity contribution in [1.29, 1.82) is 0 Å². The second-order valence-corrected chi connectivity index (χ2v) is 5.51. The minimum atomic E-state index is 0. The van der Waals surface area contributed by atoms with E-state index < -0.39 is 0 Å². The van der Waals surface area contributed by atoms with Gasteiger partial charge in [-0.15, -0.1) is 0 Å². The van der Waals surface area contributed by atoms with E-state index in [4.69, 9.17) is 0 Å². The van der Waals surface area contributed by atoms with Gasteiger partial charge in [-0.05, 0) is 56.5 Å². The van der Waals surface area contributed by atoms with Crippen LogP contribution in [0.3, 0.4) is 0 Å². The van der Waals surface area contributed by atoms with Crippen LogP contribution in [0.2, 0.25) is 0 Å². The summed E-state index contributed by atoms with van der Waals surface area (Å²) in [6.07, 6.45) is 5.26. The van der Waals surface area contributed by atoms with Crippen molar-refractivity contribution < 1.29 is 5.11 Å². The molecule has 2 atom stereocenters. The topological polar surface area (TPSA) is 23.5 Å². The van der Waals surface area contributed by atoms with E-state index in [9.17, 15) is 5.11 Å². The van der Waals surface area contributed by atoms with Gasteiger partial charge in [0.15, 0.2) is 0 Å². The molecule has 4 radical (unpaired) electrons. The second kappa shape index (κ2) is 7.48. The van der Waals surface area contributed by atoms with Crippen molar-refractivity contribution >= 4 is 27.3 Å². The standard InChI is InChI=1S/C15H23NO.Pb/c1-16(2)11-13-6-3-4-9-15(13)12-7-5-8-14(17)10-12;/h5,7-8,10,13,15,17H,3-4,6,9,11H2,1-2H3;. The molecule has 0 amide bonds. The van der Waals surface area contributed by atoms with Gasteiger partial charge in [0, 0.05) is 33.8 Å². The zero-order valence-corrected chi connectivity index (χ0v) is 15.3. The fraction of sp³-hybridized carbons (Fsp3) is 0.600. The molecule has 2 nitrogen and oxygen atoms in total. The molecule has 0 aliphatic heterocycles. The molecule has 3 heteroatoms. The normalized spacial score (nSPS) is 23.7. The fourth-order valence-electron chi connectivity index (χ4n) is 3.09. The first-order valence-corrected chi connectivity index (χ1v) is 6.60. The van der Waals surface area contributed by atoms with Crippen molar-refractivity contribution in [3.63, 3.8) is 0 Å². The quantitative estimate of drug-likeness (QED) is 0.731. The number of hydrogen-bond acceptors (Lipinski definition) is 2. The van der Waals surface area contributed by atoms with Crippen molar-refractivity contribution in [2.45, 2.75) is 31.6 Å². The largest absolute Gasteiger partial charge is 0.508 e. The van der Waals surface area contributed by atoms with E-state index >= 15 is 0 Å². The van der Waals surface area contributed by atoms with Crippen LogP contribution in [0.15, 0.2) is 24.3 Å². The van der Waals surface area contributed by atoms with Crippen LogP contribution in [0.1, 0.15) is 37.2 Å². The van der Waals surface area contributed by atoms with Crippen molar-refractivity contribution in [3.8, 4) is 5.75 Å². The maximum absolute atomic E-state index is 9.60. The Morgan fingerprint density at radius 3 is 2.61 bits per heavy atom. The molecule has 1 aliphatic rings. The molecule has 0 saturated heterocycles. The first kappa shape index (κ1) is 16.0. The molecule has 2 rings (SSSR count). The van der Waals surface area contributed by atoms with Crippen LogP contribution in [0.25, 0.3) is 0 Å². The number of hydrogen-bond donors (Lipinski definition) is 1. The van der Waals surface area contributed by atoms with Gasteiger partial charge >= 0.3 is 0 Å². The Kier molecular flexibility index (Phi) is 6.63. The van der Waals surface area contributed by atoms with E-state index in [1.807, 2.05) is 12.1 Å². The Morgan fingerprint density at radius 2 is 1.94 bits per heavy atom. The van der Waals surface area contributed by atoms with E-state index in [0.717, 1.165) is 12.5 Å². The molecule has 1 N–H and O–H groups in total. The molecule has 1 saturated carbocycles. The van der Waals surface area contributed by atoms with Crippen LogP contribution in [-0.2, 0) is 0 Å². The number of phenols is 1. The Morgan fingerprint density at radius 1 is 1.22 bits per heavy atom. The third kappa shape index (κ3) is 4.23. The van der Waals surface area contributed by atoms with Crippen LogP contribution in [0.5, 0.6) is 5.75 Å². The summed E-state index contributed by atoms with van der Waals surface area (Å²) >= 11 is 0. The van der Waals surface area contributed by atoms with Crippen LogP contribution in [0.4, 0.5) is 0 Å². The first-order chi connectivity index (χ1) is 8.16. The molecule has 1 fully saturated rings. The molecule has 0 spiro atoms.